The third-order valence-electron chi connectivity index (χ3n) is 3.86. The normalized spacial score (nSPS) is 16.7. The maximum absolute atomic E-state index is 12.8. The Morgan fingerprint density at radius 3 is 2.64 bits per heavy atom. The Balaban J connectivity index is 2.18. The molecule has 2 N–H and O–H groups in total. The zero-order chi connectivity index (χ0) is 18.4. The number of hydrogen-bond donors (Lipinski definition) is 2. The molecule has 6 nitrogen and oxygen atoms in total. The van der Waals surface area contributed by atoms with Crippen molar-refractivity contribution in [2.24, 2.45) is 5.10 Å². The highest BCUT2D eigenvalue weighted by Gasteiger charge is 2.30. The summed E-state index contributed by atoms with van der Waals surface area (Å²) in [5.41, 5.74) is 1.91. The highest BCUT2D eigenvalue weighted by Crippen LogP contribution is 2.30. The van der Waals surface area contributed by atoms with Gasteiger partial charge in [-0.3, -0.25) is 5.43 Å². The molecule has 1 aromatic rings. The fourth-order valence-electron chi connectivity index (χ4n) is 2.42. The van der Waals surface area contributed by atoms with Crippen LogP contribution in [0.4, 0.5) is 18.9 Å². The molecule has 0 bridgehead atoms. The van der Waals surface area contributed by atoms with Crippen molar-refractivity contribution in [3.05, 3.63) is 29.8 Å². The number of rotatable bonds is 3. The molecule has 0 saturated carbocycles. The summed E-state index contributed by atoms with van der Waals surface area (Å²) in [6.07, 6.45) is -4.44. The number of hydrogen-bond acceptors (Lipinski definition) is 4. The molecule has 1 aliphatic rings. The Labute approximate surface area is 144 Å². The number of carbonyl (C=O) groups excluding carboxylic acids is 1. The number of benzene rings is 1. The molecule has 1 aromatic carbocycles. The van der Waals surface area contributed by atoms with Gasteiger partial charge in [-0.15, -0.1) is 5.10 Å². The summed E-state index contributed by atoms with van der Waals surface area (Å²) in [7, 11) is 2.05. The molecule has 0 unspecified atom stereocenters. The Morgan fingerprint density at radius 2 is 2.04 bits per heavy atom. The molecule has 0 atom stereocenters. The molecule has 25 heavy (non-hydrogen) atoms. The largest absolute Gasteiger partial charge is 0.460 e. The number of anilines is 1. The smallest absolute Gasteiger partial charge is 0.416 e. The van der Waals surface area contributed by atoms with Gasteiger partial charge in [-0.2, -0.15) is 13.2 Å². The number of nitrogens with one attached hydrogen (secondary N) is 2. The Kier molecular flexibility index (Phi) is 6.24. The Bertz CT molecular complexity index is 626. The van der Waals surface area contributed by atoms with E-state index in [1.165, 1.54) is 17.0 Å². The van der Waals surface area contributed by atoms with Gasteiger partial charge in [-0.25, -0.2) is 4.79 Å². The second-order valence-corrected chi connectivity index (χ2v) is 5.79. The van der Waals surface area contributed by atoms with Crippen molar-refractivity contribution in [3.63, 3.8) is 0 Å². The molecule has 1 fully saturated rings. The number of likely N-dealkylation sites (N-methyl/N-ethyl adjacent to an activating group) is 1. The van der Waals surface area contributed by atoms with Crippen LogP contribution in [0.3, 0.4) is 0 Å². The van der Waals surface area contributed by atoms with E-state index in [-0.39, 0.29) is 18.1 Å². The molecule has 9 heteroatoms. The summed E-state index contributed by atoms with van der Waals surface area (Å²) in [5, 5.41) is 4.03. The molecule has 0 aliphatic carbocycles. The second kappa shape index (κ2) is 8.19. The predicted molar refractivity (Wildman–Crippen MR) is 87.3 cm³/mol. The predicted octanol–water partition coefficient (Wildman–Crippen LogP) is 0.824. The molecule has 0 spiro atoms. The minimum absolute atomic E-state index is 0.0757. The van der Waals surface area contributed by atoms with Gasteiger partial charge in [0.1, 0.15) is 0 Å². The Hall–Kier alpha value is -2.29. The number of ether oxygens (including phenoxy) is 1. The number of piperazine rings is 1. The number of carbonyl (C=O) groups is 1. The molecule has 2 rings (SSSR count). The summed E-state index contributed by atoms with van der Waals surface area (Å²) in [6.45, 7) is 4.79. The van der Waals surface area contributed by atoms with E-state index in [1.54, 1.807) is 11.8 Å². The average Bonchev–Trinajstić information content (AvgIpc) is 2.56. The van der Waals surface area contributed by atoms with Crippen LogP contribution in [0.1, 0.15) is 12.5 Å². The van der Waals surface area contributed by atoms with Crippen LogP contribution >= 0.6 is 0 Å². The van der Waals surface area contributed by atoms with Gasteiger partial charge < -0.3 is 14.5 Å². The van der Waals surface area contributed by atoms with Gasteiger partial charge in [0, 0.05) is 0 Å². The SMILES string of the molecule is CCOC(=O)/C(=N\Nc1cccc(C(F)(F)F)c1)N1CC[NH+](C)CC1. The number of nitrogens with zero attached hydrogens (tertiary/aromatic N) is 2. The second-order valence-electron chi connectivity index (χ2n) is 5.79. The lowest BCUT2D eigenvalue weighted by atomic mass is 10.2. The van der Waals surface area contributed by atoms with Crippen LogP contribution in [-0.4, -0.2) is 56.5 Å². The summed E-state index contributed by atoms with van der Waals surface area (Å²) in [5.74, 6) is -0.520. The lowest BCUT2D eigenvalue weighted by molar-refractivity contribution is -0.883. The van der Waals surface area contributed by atoms with Gasteiger partial charge in [0.15, 0.2) is 0 Å². The van der Waals surface area contributed by atoms with Crippen LogP contribution in [0, 0.1) is 0 Å². The van der Waals surface area contributed by atoms with Crippen molar-refractivity contribution in [1.82, 2.24) is 4.90 Å². The molecule has 0 radical (unpaired) electrons. The van der Waals surface area contributed by atoms with Crippen LogP contribution in [0.2, 0.25) is 0 Å². The minimum Gasteiger partial charge on any atom is -0.460 e. The molecule has 1 saturated heterocycles. The quantitative estimate of drug-likeness (QED) is 0.363. The highest BCUT2D eigenvalue weighted by molar-refractivity contribution is 6.35. The molecule has 138 valence electrons. The first kappa shape index (κ1) is 19.0. The van der Waals surface area contributed by atoms with E-state index in [0.29, 0.717) is 13.1 Å². The van der Waals surface area contributed by atoms with E-state index in [2.05, 4.69) is 17.6 Å². The summed E-state index contributed by atoms with van der Waals surface area (Å²) < 4.78 is 43.3. The van der Waals surface area contributed by atoms with E-state index in [0.717, 1.165) is 25.2 Å². The number of alkyl halides is 3. The zero-order valence-corrected chi connectivity index (χ0v) is 14.2. The van der Waals surface area contributed by atoms with E-state index in [1.807, 2.05) is 0 Å². The first-order valence-corrected chi connectivity index (χ1v) is 8.05. The van der Waals surface area contributed by atoms with Crippen molar-refractivity contribution < 1.29 is 27.6 Å². The fraction of sp³-hybridized carbons (Fsp3) is 0.500. The standard InChI is InChI=1S/C16H21F3N4O2/c1-3-25-15(24)14(23-9-7-22(2)8-10-23)21-20-13-6-4-5-12(11-13)16(17,18)19/h4-6,11,20H,3,7-10H2,1-2H3/p+1/b21-14+. The van der Waals surface area contributed by atoms with Crippen molar-refractivity contribution in [2.75, 3.05) is 45.3 Å². The third kappa shape index (κ3) is 5.35. The zero-order valence-electron chi connectivity index (χ0n) is 14.2. The molecule has 1 heterocycles. The van der Waals surface area contributed by atoms with Crippen LogP contribution < -0.4 is 10.3 Å². The number of halogens is 3. The molecular formula is C16H22F3N4O2+. The van der Waals surface area contributed by atoms with E-state index in [9.17, 15) is 18.0 Å². The van der Waals surface area contributed by atoms with Gasteiger partial charge in [0.05, 0.1) is 51.1 Å². The van der Waals surface area contributed by atoms with Crippen molar-refractivity contribution in [2.45, 2.75) is 13.1 Å². The number of esters is 1. The maximum Gasteiger partial charge on any atom is 0.416 e. The van der Waals surface area contributed by atoms with Crippen molar-refractivity contribution in [1.29, 1.82) is 0 Å². The lowest BCUT2D eigenvalue weighted by Gasteiger charge is -2.31. The van der Waals surface area contributed by atoms with E-state index < -0.39 is 17.7 Å². The van der Waals surface area contributed by atoms with Crippen molar-refractivity contribution >= 4 is 17.5 Å². The Morgan fingerprint density at radius 1 is 1.36 bits per heavy atom. The van der Waals surface area contributed by atoms with Gasteiger partial charge in [0.25, 0.3) is 0 Å². The topological polar surface area (TPSA) is 58.4 Å². The van der Waals surface area contributed by atoms with E-state index in [4.69, 9.17) is 4.74 Å². The van der Waals surface area contributed by atoms with Crippen LogP contribution in [0.5, 0.6) is 0 Å². The van der Waals surface area contributed by atoms with Crippen LogP contribution in [0.15, 0.2) is 29.4 Å². The van der Waals surface area contributed by atoms with Crippen molar-refractivity contribution in [3.8, 4) is 0 Å². The van der Waals surface area contributed by atoms with Crippen LogP contribution in [-0.2, 0) is 15.7 Å². The molecule has 0 amide bonds. The van der Waals surface area contributed by atoms with Gasteiger partial charge in [0.2, 0.25) is 5.84 Å². The first-order valence-electron chi connectivity index (χ1n) is 8.05. The van der Waals surface area contributed by atoms with Crippen LogP contribution in [0.25, 0.3) is 0 Å². The molecule has 1 aliphatic heterocycles. The highest BCUT2D eigenvalue weighted by atomic mass is 19.4. The lowest BCUT2D eigenvalue weighted by Crippen LogP contribution is -3.12. The first-order chi connectivity index (χ1) is 11.8. The summed E-state index contributed by atoms with van der Waals surface area (Å²) >= 11 is 0. The van der Waals surface area contributed by atoms with Gasteiger partial charge >= 0.3 is 12.1 Å². The maximum atomic E-state index is 12.8. The third-order valence-corrected chi connectivity index (χ3v) is 3.86. The summed E-state index contributed by atoms with van der Waals surface area (Å²) in [4.78, 5) is 15.3. The molecule has 0 aromatic heterocycles. The summed E-state index contributed by atoms with van der Waals surface area (Å²) in [6, 6.07) is 4.66. The molecular weight excluding hydrogens is 337 g/mol. The van der Waals surface area contributed by atoms with Gasteiger partial charge in [-0.1, -0.05) is 6.07 Å². The monoisotopic (exact) mass is 359 g/mol. The number of quaternary nitrogens is 1. The number of hydrazone groups is 1. The average molecular weight is 359 g/mol. The van der Waals surface area contributed by atoms with E-state index >= 15 is 0 Å². The number of amidine groups is 1. The fourth-order valence-corrected chi connectivity index (χ4v) is 2.42. The minimum atomic E-state index is -4.44. The van der Waals surface area contributed by atoms with Gasteiger partial charge in [-0.05, 0) is 25.1 Å².